The maximum absolute atomic E-state index is 12.3. The molecule has 2 aliphatic heterocycles. The average molecular weight is 299 g/mol. The van der Waals surface area contributed by atoms with E-state index in [-0.39, 0.29) is 24.0 Å². The SMILES string of the molecule is O=C(Nc1ccc(Cc2nn[nH]n2)cc1)[C@H]1C[C@H]2CC[C@H]1O2. The van der Waals surface area contributed by atoms with Crippen LogP contribution in [0.3, 0.4) is 0 Å². The van der Waals surface area contributed by atoms with Gasteiger partial charge in [-0.25, -0.2) is 0 Å². The van der Waals surface area contributed by atoms with Crippen molar-refractivity contribution < 1.29 is 9.53 Å². The highest BCUT2D eigenvalue weighted by molar-refractivity contribution is 5.93. The molecule has 2 saturated heterocycles. The van der Waals surface area contributed by atoms with Crippen LogP contribution in [-0.4, -0.2) is 38.7 Å². The maximum atomic E-state index is 12.3. The van der Waals surface area contributed by atoms with Crippen LogP contribution in [0.4, 0.5) is 5.69 Å². The van der Waals surface area contributed by atoms with E-state index in [4.69, 9.17) is 4.74 Å². The molecule has 0 spiro atoms. The third kappa shape index (κ3) is 2.59. The number of aromatic amines is 1. The molecule has 7 heteroatoms. The van der Waals surface area contributed by atoms with E-state index in [2.05, 4.69) is 25.9 Å². The van der Waals surface area contributed by atoms with E-state index in [1.807, 2.05) is 24.3 Å². The fourth-order valence-corrected chi connectivity index (χ4v) is 3.29. The Balaban J connectivity index is 1.38. The van der Waals surface area contributed by atoms with E-state index in [1.165, 1.54) is 0 Å². The minimum Gasteiger partial charge on any atom is -0.374 e. The van der Waals surface area contributed by atoms with E-state index in [1.54, 1.807) is 0 Å². The quantitative estimate of drug-likeness (QED) is 0.887. The molecule has 114 valence electrons. The molecule has 0 saturated carbocycles. The minimum absolute atomic E-state index is 0.00208. The van der Waals surface area contributed by atoms with Gasteiger partial charge in [-0.2, -0.15) is 5.21 Å². The van der Waals surface area contributed by atoms with Crippen LogP contribution in [0.1, 0.15) is 30.7 Å². The summed E-state index contributed by atoms with van der Waals surface area (Å²) in [5, 5.41) is 16.8. The summed E-state index contributed by atoms with van der Waals surface area (Å²) < 4.78 is 5.74. The second-order valence-electron chi connectivity index (χ2n) is 5.91. The summed E-state index contributed by atoms with van der Waals surface area (Å²) in [5.41, 5.74) is 1.88. The van der Waals surface area contributed by atoms with Crippen LogP contribution in [0.5, 0.6) is 0 Å². The molecule has 0 radical (unpaired) electrons. The average Bonchev–Trinajstić information content (AvgIpc) is 3.26. The first-order chi connectivity index (χ1) is 10.8. The molecular weight excluding hydrogens is 282 g/mol. The summed E-state index contributed by atoms with van der Waals surface area (Å²) in [6.07, 6.45) is 3.98. The standard InChI is InChI=1S/C15H17N5O2/c21-15(12-8-11-5-6-13(12)22-11)16-10-3-1-9(2-4-10)7-14-17-19-20-18-14/h1-4,11-13H,5-8H2,(H,16,21)(H,17,18,19,20)/t11-,12+,13-/m1/s1. The van der Waals surface area contributed by atoms with Gasteiger partial charge < -0.3 is 10.1 Å². The van der Waals surface area contributed by atoms with Crippen LogP contribution in [0.25, 0.3) is 0 Å². The molecular formula is C15H17N5O2. The number of hydrogen-bond acceptors (Lipinski definition) is 5. The molecule has 0 unspecified atom stereocenters. The first kappa shape index (κ1) is 13.4. The van der Waals surface area contributed by atoms with Gasteiger partial charge >= 0.3 is 0 Å². The summed E-state index contributed by atoms with van der Waals surface area (Å²) in [4.78, 5) is 12.3. The lowest BCUT2D eigenvalue weighted by Gasteiger charge is -2.18. The highest BCUT2D eigenvalue weighted by Gasteiger charge is 2.44. The van der Waals surface area contributed by atoms with Crippen molar-refractivity contribution in [1.82, 2.24) is 20.6 Å². The number of carbonyl (C=O) groups is 1. The number of nitrogens with zero attached hydrogens (tertiary/aromatic N) is 3. The van der Waals surface area contributed by atoms with Gasteiger partial charge in [0.2, 0.25) is 5.91 Å². The molecule has 1 aromatic carbocycles. The number of ether oxygens (including phenoxy) is 1. The molecule has 4 rings (SSSR count). The van der Waals surface area contributed by atoms with Gasteiger partial charge in [-0.3, -0.25) is 4.79 Å². The van der Waals surface area contributed by atoms with Gasteiger partial charge in [0.1, 0.15) is 0 Å². The molecule has 1 amide bonds. The molecule has 2 N–H and O–H groups in total. The molecule has 1 aromatic heterocycles. The van der Waals surface area contributed by atoms with Crippen molar-refractivity contribution in [1.29, 1.82) is 0 Å². The fourth-order valence-electron chi connectivity index (χ4n) is 3.29. The normalized spacial score (nSPS) is 26.3. The minimum atomic E-state index is -0.00208. The first-order valence-corrected chi connectivity index (χ1v) is 7.55. The monoisotopic (exact) mass is 299 g/mol. The molecule has 2 bridgehead atoms. The van der Waals surface area contributed by atoms with Crippen LogP contribution in [0, 0.1) is 5.92 Å². The molecule has 7 nitrogen and oxygen atoms in total. The van der Waals surface area contributed by atoms with Crippen molar-refractivity contribution >= 4 is 11.6 Å². The molecule has 2 aromatic rings. The number of fused-ring (bicyclic) bond motifs is 2. The lowest BCUT2D eigenvalue weighted by atomic mass is 9.88. The zero-order valence-electron chi connectivity index (χ0n) is 12.0. The number of benzene rings is 1. The van der Waals surface area contributed by atoms with Gasteiger partial charge in [0.25, 0.3) is 0 Å². The van der Waals surface area contributed by atoms with Crippen LogP contribution in [0.15, 0.2) is 24.3 Å². The van der Waals surface area contributed by atoms with E-state index in [9.17, 15) is 4.79 Å². The Labute approximate surface area is 127 Å². The van der Waals surface area contributed by atoms with Crippen molar-refractivity contribution in [2.24, 2.45) is 5.92 Å². The Morgan fingerprint density at radius 3 is 2.82 bits per heavy atom. The summed E-state index contributed by atoms with van der Waals surface area (Å²) in [7, 11) is 0. The van der Waals surface area contributed by atoms with Crippen LogP contribution >= 0.6 is 0 Å². The lowest BCUT2D eigenvalue weighted by Crippen LogP contribution is -2.30. The Morgan fingerprint density at radius 1 is 1.32 bits per heavy atom. The van der Waals surface area contributed by atoms with Crippen LogP contribution in [0.2, 0.25) is 0 Å². The Kier molecular flexibility index (Phi) is 3.34. The first-order valence-electron chi connectivity index (χ1n) is 7.55. The predicted octanol–water partition coefficient (Wildman–Crippen LogP) is 1.30. The van der Waals surface area contributed by atoms with Gasteiger partial charge in [-0.1, -0.05) is 17.3 Å². The van der Waals surface area contributed by atoms with E-state index >= 15 is 0 Å². The number of rotatable bonds is 4. The Hall–Kier alpha value is -2.28. The number of tetrazole rings is 1. The summed E-state index contributed by atoms with van der Waals surface area (Å²) in [6.45, 7) is 0. The molecule has 3 atom stereocenters. The smallest absolute Gasteiger partial charge is 0.230 e. The molecule has 2 aliphatic rings. The van der Waals surface area contributed by atoms with Crippen molar-refractivity contribution in [3.8, 4) is 0 Å². The van der Waals surface area contributed by atoms with Crippen molar-refractivity contribution in [2.45, 2.75) is 37.9 Å². The highest BCUT2D eigenvalue weighted by Crippen LogP contribution is 2.39. The van der Waals surface area contributed by atoms with Gasteiger partial charge in [-0.05, 0) is 37.0 Å². The van der Waals surface area contributed by atoms with E-state index < -0.39 is 0 Å². The summed E-state index contributed by atoms with van der Waals surface area (Å²) >= 11 is 0. The lowest BCUT2D eigenvalue weighted by molar-refractivity contribution is -0.121. The third-order valence-corrected chi connectivity index (χ3v) is 4.42. The summed E-state index contributed by atoms with van der Waals surface area (Å²) in [6, 6.07) is 7.73. The topological polar surface area (TPSA) is 92.8 Å². The number of H-pyrrole nitrogens is 1. The number of aromatic nitrogens is 4. The van der Waals surface area contributed by atoms with Crippen molar-refractivity contribution in [3.63, 3.8) is 0 Å². The van der Waals surface area contributed by atoms with Crippen molar-refractivity contribution in [2.75, 3.05) is 5.32 Å². The summed E-state index contributed by atoms with van der Waals surface area (Å²) in [5.74, 6) is 0.715. The Bertz CT molecular complexity index is 655. The zero-order chi connectivity index (χ0) is 14.9. The number of carbonyl (C=O) groups excluding carboxylic acids is 1. The van der Waals surface area contributed by atoms with Crippen LogP contribution < -0.4 is 5.32 Å². The molecule has 2 fully saturated rings. The van der Waals surface area contributed by atoms with Gasteiger partial charge in [0.15, 0.2) is 5.82 Å². The molecule has 0 aliphatic carbocycles. The van der Waals surface area contributed by atoms with Gasteiger partial charge in [0.05, 0.1) is 18.1 Å². The van der Waals surface area contributed by atoms with E-state index in [0.29, 0.717) is 12.2 Å². The van der Waals surface area contributed by atoms with Crippen LogP contribution in [-0.2, 0) is 16.0 Å². The van der Waals surface area contributed by atoms with Crippen molar-refractivity contribution in [3.05, 3.63) is 35.7 Å². The highest BCUT2D eigenvalue weighted by atomic mass is 16.5. The third-order valence-electron chi connectivity index (χ3n) is 4.42. The Morgan fingerprint density at radius 2 is 2.18 bits per heavy atom. The van der Waals surface area contributed by atoms with Gasteiger partial charge in [-0.15, -0.1) is 10.2 Å². The second-order valence-corrected chi connectivity index (χ2v) is 5.91. The number of amides is 1. The molecule has 22 heavy (non-hydrogen) atoms. The second kappa shape index (κ2) is 5.49. The number of anilines is 1. The largest absolute Gasteiger partial charge is 0.374 e. The van der Waals surface area contributed by atoms with Gasteiger partial charge in [0, 0.05) is 12.1 Å². The number of nitrogens with one attached hydrogen (secondary N) is 2. The molecule has 3 heterocycles. The number of hydrogen-bond donors (Lipinski definition) is 2. The van der Waals surface area contributed by atoms with E-state index in [0.717, 1.165) is 30.5 Å². The maximum Gasteiger partial charge on any atom is 0.230 e. The predicted molar refractivity (Wildman–Crippen MR) is 78.1 cm³/mol. The fraction of sp³-hybridized carbons (Fsp3) is 0.467. The zero-order valence-corrected chi connectivity index (χ0v) is 12.0.